The molecule has 226 valence electrons. The molecule has 2 aliphatic rings. The number of nitrogens with one attached hydrogen (secondary N) is 1. The monoisotopic (exact) mass is 586 g/mol. The predicted molar refractivity (Wildman–Crippen MR) is 165 cm³/mol. The van der Waals surface area contributed by atoms with Crippen molar-refractivity contribution in [2.75, 3.05) is 36.5 Å². The first-order valence-electron chi connectivity index (χ1n) is 14.4. The van der Waals surface area contributed by atoms with Crippen molar-refractivity contribution < 1.29 is 9.53 Å². The minimum absolute atomic E-state index is 0.141. The second-order valence-electron chi connectivity index (χ2n) is 11.8. The highest BCUT2D eigenvalue weighted by molar-refractivity contribution is 5.74. The van der Waals surface area contributed by atoms with E-state index in [1.807, 2.05) is 68.0 Å². The summed E-state index contributed by atoms with van der Waals surface area (Å²) in [4.78, 5) is 55.6. The van der Waals surface area contributed by atoms with Crippen LogP contribution in [0.2, 0.25) is 0 Å². The molecule has 43 heavy (non-hydrogen) atoms. The summed E-state index contributed by atoms with van der Waals surface area (Å²) in [5, 5.41) is 3.00. The molecule has 3 aromatic rings. The molecule has 0 spiro atoms. The topological polar surface area (TPSA) is 118 Å². The third-order valence-corrected chi connectivity index (χ3v) is 7.49. The fourth-order valence-electron chi connectivity index (χ4n) is 5.75. The van der Waals surface area contributed by atoms with Crippen LogP contribution in [0, 0.1) is 11.8 Å². The van der Waals surface area contributed by atoms with Crippen molar-refractivity contribution in [3.05, 3.63) is 63.4 Å². The van der Waals surface area contributed by atoms with E-state index in [0.717, 1.165) is 29.5 Å². The number of benzene rings is 1. The van der Waals surface area contributed by atoms with E-state index in [9.17, 15) is 14.4 Å². The molecule has 1 fully saturated rings. The van der Waals surface area contributed by atoms with E-state index in [4.69, 9.17) is 4.74 Å². The Morgan fingerprint density at radius 2 is 1.88 bits per heavy atom. The van der Waals surface area contributed by atoms with Crippen LogP contribution in [0.1, 0.15) is 40.5 Å². The van der Waals surface area contributed by atoms with Gasteiger partial charge in [0.2, 0.25) is 0 Å². The fraction of sp³-hybridized carbons (Fsp3) is 0.452. The smallest absolute Gasteiger partial charge is 0.407 e. The molecule has 0 saturated carbocycles. The van der Waals surface area contributed by atoms with Gasteiger partial charge in [-0.1, -0.05) is 36.3 Å². The van der Waals surface area contributed by atoms with Crippen LogP contribution >= 0.6 is 0 Å². The van der Waals surface area contributed by atoms with Gasteiger partial charge in [0.15, 0.2) is 12.1 Å². The number of fused-ring (bicyclic) bond motifs is 1. The van der Waals surface area contributed by atoms with Crippen LogP contribution < -0.4 is 26.4 Å². The van der Waals surface area contributed by atoms with E-state index in [2.05, 4.69) is 32.0 Å². The lowest BCUT2D eigenvalue weighted by atomic mass is 10.1. The van der Waals surface area contributed by atoms with Gasteiger partial charge in [-0.15, -0.1) is 5.92 Å². The Morgan fingerprint density at radius 1 is 1.14 bits per heavy atom. The van der Waals surface area contributed by atoms with Gasteiger partial charge in [0, 0.05) is 51.1 Å². The van der Waals surface area contributed by atoms with Gasteiger partial charge in [-0.2, -0.15) is 0 Å². The molecule has 5 rings (SSSR count). The van der Waals surface area contributed by atoms with Gasteiger partial charge in [0.05, 0.1) is 6.54 Å². The zero-order valence-corrected chi connectivity index (χ0v) is 25.5. The number of anilines is 2. The van der Waals surface area contributed by atoms with Crippen molar-refractivity contribution >= 4 is 17.6 Å². The molecule has 1 unspecified atom stereocenters. The number of ether oxygens (including phenoxy) is 1. The third-order valence-electron chi connectivity index (χ3n) is 7.49. The maximum absolute atomic E-state index is 14.3. The molecule has 0 bridgehead atoms. The zero-order chi connectivity index (χ0) is 30.9. The molecule has 4 heterocycles. The Bertz CT molecular complexity index is 1680. The third kappa shape index (κ3) is 5.99. The maximum atomic E-state index is 14.3. The van der Waals surface area contributed by atoms with Gasteiger partial charge in [0.1, 0.15) is 22.9 Å². The fourth-order valence-corrected chi connectivity index (χ4v) is 5.75. The molecule has 1 amide bonds. The number of carbonyl (C=O) groups is 1. The molecule has 1 aromatic carbocycles. The number of rotatable bonds is 5. The molecular formula is C31H38N8O4. The molecule has 0 aliphatic carbocycles. The maximum Gasteiger partial charge on any atom is 0.407 e. The molecule has 1 saturated heterocycles. The van der Waals surface area contributed by atoms with Gasteiger partial charge < -0.3 is 19.9 Å². The molecule has 2 aliphatic heterocycles. The normalized spacial score (nSPS) is 18.6. The first-order chi connectivity index (χ1) is 20.5. The number of nitrogens with zero attached hydrogens (tertiary/aromatic N) is 7. The van der Waals surface area contributed by atoms with E-state index >= 15 is 0 Å². The predicted octanol–water partition coefficient (Wildman–Crippen LogP) is 2.55. The van der Waals surface area contributed by atoms with Crippen LogP contribution in [0.15, 0.2) is 52.2 Å². The van der Waals surface area contributed by atoms with E-state index in [0.29, 0.717) is 23.9 Å². The number of likely N-dealkylation sites (tertiary alicyclic amines) is 1. The Kier molecular flexibility index (Phi) is 8.28. The minimum Gasteiger partial charge on any atom is -0.444 e. The quantitative estimate of drug-likeness (QED) is 0.450. The number of alkyl carbamates (subject to hydrolysis) is 1. The Hall–Kier alpha value is -4.63. The summed E-state index contributed by atoms with van der Waals surface area (Å²) >= 11 is 0. The van der Waals surface area contributed by atoms with E-state index in [-0.39, 0.29) is 18.4 Å². The standard InChI is InChI=1S/C31H38N8O4/c1-7-8-19-38-24-26(35(5)29(38)37-18-12-15-22(20-37)33-28(41)43-31(2,3)4)36(6)30(42)39(27(24)40)23-16-17-32-25(34-23)21-13-10-9-11-14-21/h9-11,13-14,16-17,22,29H,12,15,18-20H2,1-6H3,(H,33,41)/t22-,29?/m1/s1. The summed E-state index contributed by atoms with van der Waals surface area (Å²) in [6.45, 7) is 8.79. The second-order valence-corrected chi connectivity index (χ2v) is 11.8. The summed E-state index contributed by atoms with van der Waals surface area (Å²) < 4.78 is 8.06. The number of amides is 1. The SMILES string of the molecule is CC#CCN1c2c(n(C)c(=O)n(-c3ccnc(-c4ccccc4)n3)c2=O)N(C)C1N1CCC[C@@H](NC(=O)OC(C)(C)C)C1. The second kappa shape index (κ2) is 11.9. The minimum atomic E-state index is -0.600. The highest BCUT2D eigenvalue weighted by Crippen LogP contribution is 2.37. The highest BCUT2D eigenvalue weighted by atomic mass is 16.6. The molecule has 2 aromatic heterocycles. The molecule has 12 heteroatoms. The van der Waals surface area contributed by atoms with E-state index in [1.54, 1.807) is 26.2 Å². The van der Waals surface area contributed by atoms with Crippen LogP contribution in [0.25, 0.3) is 17.2 Å². The van der Waals surface area contributed by atoms with Gasteiger partial charge in [-0.25, -0.2) is 24.1 Å². The van der Waals surface area contributed by atoms with Crippen molar-refractivity contribution in [3.63, 3.8) is 0 Å². The summed E-state index contributed by atoms with van der Waals surface area (Å²) in [7, 11) is 3.53. The van der Waals surface area contributed by atoms with Crippen molar-refractivity contribution in [3.8, 4) is 29.0 Å². The molecule has 12 nitrogen and oxygen atoms in total. The average Bonchev–Trinajstić information content (AvgIpc) is 3.26. The van der Waals surface area contributed by atoms with Gasteiger partial charge in [0.25, 0.3) is 5.56 Å². The Morgan fingerprint density at radius 3 is 2.58 bits per heavy atom. The van der Waals surface area contributed by atoms with E-state index < -0.39 is 29.2 Å². The highest BCUT2D eigenvalue weighted by Gasteiger charge is 2.43. The molecule has 0 radical (unpaired) electrons. The Labute approximate surface area is 250 Å². The number of carbonyl (C=O) groups excluding carboxylic acids is 1. The number of aromatic nitrogens is 4. The summed E-state index contributed by atoms with van der Waals surface area (Å²) in [6, 6.07) is 10.8. The molecule has 2 atom stereocenters. The lowest BCUT2D eigenvalue weighted by Crippen LogP contribution is -2.60. The van der Waals surface area contributed by atoms with Crippen LogP contribution in [0.5, 0.6) is 0 Å². The largest absolute Gasteiger partial charge is 0.444 e. The van der Waals surface area contributed by atoms with Gasteiger partial charge in [-0.3, -0.25) is 14.3 Å². The van der Waals surface area contributed by atoms with Crippen molar-refractivity contribution in [2.24, 2.45) is 7.05 Å². The lowest BCUT2D eigenvalue weighted by molar-refractivity contribution is 0.0456. The number of piperidine rings is 1. The molecule has 1 N–H and O–H groups in total. The van der Waals surface area contributed by atoms with Crippen LogP contribution in [0.4, 0.5) is 16.3 Å². The van der Waals surface area contributed by atoms with Gasteiger partial charge in [-0.05, 0) is 40.5 Å². The van der Waals surface area contributed by atoms with Crippen molar-refractivity contribution in [1.29, 1.82) is 0 Å². The molecular weight excluding hydrogens is 548 g/mol. The van der Waals surface area contributed by atoms with Crippen LogP contribution in [-0.4, -0.2) is 74.7 Å². The first kappa shape index (κ1) is 29.8. The van der Waals surface area contributed by atoms with Crippen LogP contribution in [-0.2, 0) is 11.8 Å². The summed E-state index contributed by atoms with van der Waals surface area (Å²) in [5.41, 5.74) is -0.464. The van der Waals surface area contributed by atoms with Gasteiger partial charge >= 0.3 is 11.8 Å². The first-order valence-corrected chi connectivity index (χ1v) is 14.4. The lowest BCUT2D eigenvalue weighted by Gasteiger charge is -2.42. The van der Waals surface area contributed by atoms with Crippen molar-refractivity contribution in [2.45, 2.75) is 58.5 Å². The Balaban J connectivity index is 1.54. The summed E-state index contributed by atoms with van der Waals surface area (Å²) in [6.07, 6.45) is 2.32. The van der Waals surface area contributed by atoms with Crippen molar-refractivity contribution in [1.82, 2.24) is 29.3 Å². The zero-order valence-electron chi connectivity index (χ0n) is 25.5. The average molecular weight is 587 g/mol. The number of hydrogen-bond acceptors (Lipinski definition) is 9. The van der Waals surface area contributed by atoms with Crippen LogP contribution in [0.3, 0.4) is 0 Å². The summed E-state index contributed by atoms with van der Waals surface area (Å²) in [5.74, 6) is 7.14. The van der Waals surface area contributed by atoms with E-state index in [1.165, 1.54) is 4.57 Å². The number of hydrogen-bond donors (Lipinski definition) is 1.